The van der Waals surface area contributed by atoms with Crippen molar-refractivity contribution in [1.29, 1.82) is 0 Å². The standard InChI is InChI=1S/C19H23ClN2O3S/c1-4-24-15-9-11(8-12(20)18(15)25-10(2)3)17-16-13(21-19(26)22-17)6-5-7-14(16)23/h8-10,17H,4-7H2,1-3H3,(H2,21,22,26). The fourth-order valence-corrected chi connectivity index (χ4v) is 3.83. The van der Waals surface area contributed by atoms with Gasteiger partial charge in [-0.25, -0.2) is 0 Å². The van der Waals surface area contributed by atoms with Gasteiger partial charge in [0, 0.05) is 17.7 Å². The van der Waals surface area contributed by atoms with Crippen molar-refractivity contribution in [3.05, 3.63) is 34.0 Å². The molecule has 0 spiro atoms. The fraction of sp³-hybridized carbons (Fsp3) is 0.474. The van der Waals surface area contributed by atoms with E-state index in [4.69, 9.17) is 33.3 Å². The van der Waals surface area contributed by atoms with Gasteiger partial charge in [-0.2, -0.15) is 0 Å². The molecular weight excluding hydrogens is 372 g/mol. The SMILES string of the molecule is CCOc1cc(C2NC(=S)NC3=C2C(=O)CCC3)cc(Cl)c1OC(C)C. The maximum Gasteiger partial charge on any atom is 0.180 e. The van der Waals surface area contributed by atoms with Gasteiger partial charge in [0.1, 0.15) is 0 Å². The Morgan fingerprint density at radius 1 is 1.35 bits per heavy atom. The molecule has 0 bridgehead atoms. The second kappa shape index (κ2) is 7.84. The summed E-state index contributed by atoms with van der Waals surface area (Å²) in [5.41, 5.74) is 2.48. The van der Waals surface area contributed by atoms with Gasteiger partial charge in [-0.3, -0.25) is 4.79 Å². The number of carbonyl (C=O) groups excluding carboxylic acids is 1. The number of rotatable bonds is 5. The van der Waals surface area contributed by atoms with E-state index in [0.29, 0.717) is 34.7 Å². The van der Waals surface area contributed by atoms with E-state index in [-0.39, 0.29) is 17.9 Å². The second-order valence-corrected chi connectivity index (χ2v) is 7.45. The van der Waals surface area contributed by atoms with E-state index < -0.39 is 0 Å². The van der Waals surface area contributed by atoms with Crippen LogP contribution in [0.3, 0.4) is 0 Å². The summed E-state index contributed by atoms with van der Waals surface area (Å²) in [6, 6.07) is 3.36. The molecule has 140 valence electrons. The molecule has 1 heterocycles. The molecule has 1 aromatic carbocycles. The van der Waals surface area contributed by atoms with Crippen LogP contribution in [0.1, 0.15) is 51.6 Å². The molecule has 3 rings (SSSR count). The highest BCUT2D eigenvalue weighted by molar-refractivity contribution is 7.80. The van der Waals surface area contributed by atoms with Crippen LogP contribution in [0.5, 0.6) is 11.5 Å². The summed E-state index contributed by atoms with van der Waals surface area (Å²) >= 11 is 11.8. The maximum atomic E-state index is 12.6. The molecule has 0 saturated carbocycles. The minimum Gasteiger partial charge on any atom is -0.490 e. The minimum absolute atomic E-state index is 0.0311. The van der Waals surface area contributed by atoms with Crippen LogP contribution in [0.15, 0.2) is 23.4 Å². The van der Waals surface area contributed by atoms with E-state index in [9.17, 15) is 4.79 Å². The third-order valence-corrected chi connectivity index (χ3v) is 4.80. The number of Topliss-reactive ketones (excluding diaryl/α,β-unsaturated/α-hetero) is 1. The molecule has 0 radical (unpaired) electrons. The molecule has 0 amide bonds. The van der Waals surface area contributed by atoms with Gasteiger partial charge in [0.15, 0.2) is 22.4 Å². The number of ether oxygens (including phenoxy) is 2. The smallest absolute Gasteiger partial charge is 0.180 e. The first-order valence-electron chi connectivity index (χ1n) is 8.87. The number of allylic oxidation sites excluding steroid dienone is 1. The molecule has 0 saturated heterocycles. The van der Waals surface area contributed by atoms with Crippen LogP contribution in [0, 0.1) is 0 Å². The molecule has 0 fully saturated rings. The van der Waals surface area contributed by atoms with Gasteiger partial charge < -0.3 is 20.1 Å². The van der Waals surface area contributed by atoms with E-state index in [0.717, 1.165) is 29.7 Å². The molecule has 1 aliphatic heterocycles. The van der Waals surface area contributed by atoms with Gasteiger partial charge in [0.05, 0.1) is 23.8 Å². The van der Waals surface area contributed by atoms with Crippen molar-refractivity contribution in [3.63, 3.8) is 0 Å². The zero-order chi connectivity index (χ0) is 18.8. The minimum atomic E-state index is -0.337. The summed E-state index contributed by atoms with van der Waals surface area (Å²) in [5, 5.41) is 7.31. The molecule has 7 heteroatoms. The van der Waals surface area contributed by atoms with E-state index in [1.807, 2.05) is 32.9 Å². The highest BCUT2D eigenvalue weighted by Gasteiger charge is 2.34. The molecular formula is C19H23ClN2O3S. The number of benzene rings is 1. The van der Waals surface area contributed by atoms with Gasteiger partial charge >= 0.3 is 0 Å². The van der Waals surface area contributed by atoms with Crippen molar-refractivity contribution in [1.82, 2.24) is 10.6 Å². The Balaban J connectivity index is 2.07. The van der Waals surface area contributed by atoms with Crippen molar-refractivity contribution >= 4 is 34.7 Å². The van der Waals surface area contributed by atoms with Crippen LogP contribution in [0.4, 0.5) is 0 Å². The number of halogens is 1. The number of thiocarbonyl (C=S) groups is 1. The van der Waals surface area contributed by atoms with Crippen molar-refractivity contribution < 1.29 is 14.3 Å². The zero-order valence-electron chi connectivity index (χ0n) is 15.1. The summed E-state index contributed by atoms with van der Waals surface area (Å²) in [6.07, 6.45) is 2.18. The van der Waals surface area contributed by atoms with Gasteiger partial charge in [0.25, 0.3) is 0 Å². The Hall–Kier alpha value is -1.79. The number of hydrogen-bond donors (Lipinski definition) is 2. The normalized spacial score (nSPS) is 19.8. The molecule has 1 aromatic rings. The van der Waals surface area contributed by atoms with E-state index >= 15 is 0 Å². The lowest BCUT2D eigenvalue weighted by Crippen LogP contribution is -2.46. The lowest BCUT2D eigenvalue weighted by molar-refractivity contribution is -0.116. The van der Waals surface area contributed by atoms with E-state index in [1.54, 1.807) is 0 Å². The average molecular weight is 395 g/mol. The summed E-state index contributed by atoms with van der Waals surface area (Å²) in [4.78, 5) is 12.6. The highest BCUT2D eigenvalue weighted by Crippen LogP contribution is 2.42. The van der Waals surface area contributed by atoms with Crippen LogP contribution in [-0.2, 0) is 4.79 Å². The Labute approximate surface area is 164 Å². The fourth-order valence-electron chi connectivity index (χ4n) is 3.32. The Kier molecular flexibility index (Phi) is 5.73. The molecule has 0 aromatic heterocycles. The lowest BCUT2D eigenvalue weighted by Gasteiger charge is -2.34. The van der Waals surface area contributed by atoms with Gasteiger partial charge in [-0.1, -0.05) is 11.6 Å². The predicted octanol–water partition coefficient (Wildman–Crippen LogP) is 4.05. The molecule has 5 nitrogen and oxygen atoms in total. The Bertz CT molecular complexity index is 776. The number of hydrogen-bond acceptors (Lipinski definition) is 4. The first-order chi connectivity index (χ1) is 12.4. The van der Waals surface area contributed by atoms with Crippen molar-refractivity contribution in [2.45, 2.75) is 52.2 Å². The quantitative estimate of drug-likeness (QED) is 0.734. The van der Waals surface area contributed by atoms with Crippen LogP contribution < -0.4 is 20.1 Å². The summed E-state index contributed by atoms with van der Waals surface area (Å²) in [5.74, 6) is 1.23. The number of nitrogens with one attached hydrogen (secondary N) is 2. The zero-order valence-corrected chi connectivity index (χ0v) is 16.7. The molecule has 1 unspecified atom stereocenters. The molecule has 2 aliphatic rings. The first kappa shape index (κ1) is 19.0. The van der Waals surface area contributed by atoms with Gasteiger partial charge in [0.2, 0.25) is 0 Å². The summed E-state index contributed by atoms with van der Waals surface area (Å²) in [7, 11) is 0. The first-order valence-corrected chi connectivity index (χ1v) is 9.66. The van der Waals surface area contributed by atoms with Crippen LogP contribution in [0.25, 0.3) is 0 Å². The summed E-state index contributed by atoms with van der Waals surface area (Å²) in [6.45, 7) is 6.26. The second-order valence-electron chi connectivity index (χ2n) is 6.63. The van der Waals surface area contributed by atoms with Crippen molar-refractivity contribution in [2.24, 2.45) is 0 Å². The third-order valence-electron chi connectivity index (χ3n) is 4.30. The van der Waals surface area contributed by atoms with Crippen LogP contribution in [-0.4, -0.2) is 23.6 Å². The summed E-state index contributed by atoms with van der Waals surface area (Å²) < 4.78 is 11.6. The van der Waals surface area contributed by atoms with E-state index in [2.05, 4.69) is 10.6 Å². The lowest BCUT2D eigenvalue weighted by atomic mass is 9.85. The molecule has 26 heavy (non-hydrogen) atoms. The number of carbonyl (C=O) groups is 1. The predicted molar refractivity (Wildman–Crippen MR) is 106 cm³/mol. The largest absolute Gasteiger partial charge is 0.490 e. The third kappa shape index (κ3) is 3.81. The molecule has 1 atom stereocenters. The van der Waals surface area contributed by atoms with Crippen LogP contribution in [0.2, 0.25) is 5.02 Å². The van der Waals surface area contributed by atoms with Crippen LogP contribution >= 0.6 is 23.8 Å². The molecule has 1 aliphatic carbocycles. The molecule has 2 N–H and O–H groups in total. The topological polar surface area (TPSA) is 59.6 Å². The van der Waals surface area contributed by atoms with Crippen molar-refractivity contribution in [2.75, 3.05) is 6.61 Å². The highest BCUT2D eigenvalue weighted by atomic mass is 35.5. The van der Waals surface area contributed by atoms with Crippen molar-refractivity contribution in [3.8, 4) is 11.5 Å². The Morgan fingerprint density at radius 2 is 2.12 bits per heavy atom. The van der Waals surface area contributed by atoms with E-state index in [1.165, 1.54) is 0 Å². The van der Waals surface area contributed by atoms with Gasteiger partial charge in [-0.15, -0.1) is 0 Å². The maximum absolute atomic E-state index is 12.6. The Morgan fingerprint density at radius 3 is 2.81 bits per heavy atom. The monoisotopic (exact) mass is 394 g/mol. The number of ketones is 1. The van der Waals surface area contributed by atoms with Gasteiger partial charge in [-0.05, 0) is 63.5 Å². The average Bonchev–Trinajstić information content (AvgIpc) is 2.57.